The monoisotopic (exact) mass is 380 g/mol. The molecule has 0 aliphatic rings. The van der Waals surface area contributed by atoms with E-state index < -0.39 is 0 Å². The fourth-order valence-electron chi connectivity index (χ4n) is 2.87. The molecular weight excluding hydrogens is 356 g/mol. The van der Waals surface area contributed by atoms with E-state index in [4.69, 9.17) is 9.26 Å². The van der Waals surface area contributed by atoms with Crippen LogP contribution in [0, 0.1) is 6.92 Å². The third kappa shape index (κ3) is 4.68. The molecular formula is C21H24N4O3. The van der Waals surface area contributed by atoms with Crippen LogP contribution in [0.25, 0.3) is 0 Å². The zero-order chi connectivity index (χ0) is 19.9. The number of carbonyl (C=O) groups is 1. The molecule has 1 aromatic heterocycles. The van der Waals surface area contributed by atoms with Crippen molar-refractivity contribution in [2.75, 3.05) is 23.3 Å². The van der Waals surface area contributed by atoms with Gasteiger partial charge in [0.15, 0.2) is 6.61 Å². The fourth-order valence-corrected chi connectivity index (χ4v) is 2.87. The van der Waals surface area contributed by atoms with Crippen molar-refractivity contribution in [2.24, 2.45) is 0 Å². The van der Waals surface area contributed by atoms with Gasteiger partial charge in [-0.1, -0.05) is 17.3 Å². The number of nitrogens with zero attached hydrogens (tertiary/aromatic N) is 3. The number of aryl methyl sites for hydroxylation is 1. The summed E-state index contributed by atoms with van der Waals surface area (Å²) in [5.41, 5.74) is 2.29. The summed E-state index contributed by atoms with van der Waals surface area (Å²) in [6, 6.07) is 14.9. The Morgan fingerprint density at radius 1 is 1.11 bits per heavy atom. The molecule has 3 rings (SSSR count). The number of hydrogen-bond donors (Lipinski definition) is 1. The van der Waals surface area contributed by atoms with E-state index in [0.717, 1.165) is 24.5 Å². The average Bonchev–Trinajstić information content (AvgIpc) is 3.14. The molecule has 0 fully saturated rings. The first kappa shape index (κ1) is 19.4. The highest BCUT2D eigenvalue weighted by molar-refractivity contribution is 6.06. The van der Waals surface area contributed by atoms with Crippen LogP contribution in [0.5, 0.6) is 5.75 Å². The molecule has 7 heteroatoms. The third-order valence-electron chi connectivity index (χ3n) is 4.31. The molecule has 0 atom stereocenters. The normalized spacial score (nSPS) is 10.5. The van der Waals surface area contributed by atoms with Gasteiger partial charge in [0.1, 0.15) is 5.75 Å². The number of amides is 1. The first-order chi connectivity index (χ1) is 13.6. The molecule has 0 saturated carbocycles. The van der Waals surface area contributed by atoms with Gasteiger partial charge in [0.05, 0.1) is 5.56 Å². The number of carbonyl (C=O) groups excluding carboxylic acids is 1. The predicted molar refractivity (Wildman–Crippen MR) is 108 cm³/mol. The lowest BCUT2D eigenvalue weighted by molar-refractivity contribution is 0.102. The summed E-state index contributed by atoms with van der Waals surface area (Å²) in [6.07, 6.45) is 0. The lowest BCUT2D eigenvalue weighted by atomic mass is 10.1. The van der Waals surface area contributed by atoms with Gasteiger partial charge in [-0.25, -0.2) is 0 Å². The Kier molecular flexibility index (Phi) is 6.26. The van der Waals surface area contributed by atoms with Crippen LogP contribution in [-0.4, -0.2) is 29.1 Å². The van der Waals surface area contributed by atoms with Crippen molar-refractivity contribution in [3.05, 3.63) is 65.8 Å². The first-order valence-corrected chi connectivity index (χ1v) is 9.28. The summed E-state index contributed by atoms with van der Waals surface area (Å²) in [4.78, 5) is 19.1. The second-order valence-electron chi connectivity index (χ2n) is 6.19. The van der Waals surface area contributed by atoms with Gasteiger partial charge in [-0.2, -0.15) is 4.98 Å². The number of ether oxygens (including phenoxy) is 1. The average molecular weight is 380 g/mol. The lowest BCUT2D eigenvalue weighted by Crippen LogP contribution is -2.21. The highest BCUT2D eigenvalue weighted by atomic mass is 16.5. The van der Waals surface area contributed by atoms with Crippen LogP contribution in [0.3, 0.4) is 0 Å². The van der Waals surface area contributed by atoms with Crippen molar-refractivity contribution in [1.82, 2.24) is 10.1 Å². The molecule has 0 unspecified atom stereocenters. The van der Waals surface area contributed by atoms with E-state index in [9.17, 15) is 4.79 Å². The van der Waals surface area contributed by atoms with E-state index in [-0.39, 0.29) is 12.5 Å². The van der Waals surface area contributed by atoms with Crippen LogP contribution >= 0.6 is 0 Å². The third-order valence-corrected chi connectivity index (χ3v) is 4.31. The Bertz CT molecular complexity index is 917. The number of para-hydroxylation sites is 1. The standard InChI is InChI=1S/C21H24N4O3/c1-4-25(5-2)17-12-10-16(11-13-17)23-21(26)18-8-6-7-9-19(18)27-14-20-22-15(3)28-24-20/h6-13H,4-5,14H2,1-3H3,(H,23,26). The number of benzene rings is 2. The topological polar surface area (TPSA) is 80.5 Å². The van der Waals surface area contributed by atoms with Gasteiger partial charge in [0.25, 0.3) is 5.91 Å². The van der Waals surface area contributed by atoms with Crippen molar-refractivity contribution in [2.45, 2.75) is 27.4 Å². The number of aromatic nitrogens is 2. The zero-order valence-corrected chi connectivity index (χ0v) is 16.3. The maximum atomic E-state index is 12.7. The Hall–Kier alpha value is -3.35. The van der Waals surface area contributed by atoms with Gasteiger partial charge in [0.2, 0.25) is 11.7 Å². The van der Waals surface area contributed by atoms with E-state index in [1.165, 1.54) is 0 Å². The van der Waals surface area contributed by atoms with Crippen LogP contribution in [0.15, 0.2) is 53.1 Å². The van der Waals surface area contributed by atoms with E-state index in [2.05, 4.69) is 34.2 Å². The summed E-state index contributed by atoms with van der Waals surface area (Å²) in [5, 5.41) is 6.71. The van der Waals surface area contributed by atoms with Crippen LogP contribution < -0.4 is 15.0 Å². The molecule has 0 bridgehead atoms. The molecule has 0 radical (unpaired) electrons. The smallest absolute Gasteiger partial charge is 0.259 e. The van der Waals surface area contributed by atoms with Crippen LogP contribution in [-0.2, 0) is 6.61 Å². The van der Waals surface area contributed by atoms with E-state index in [1.807, 2.05) is 30.3 Å². The maximum Gasteiger partial charge on any atom is 0.259 e. The highest BCUT2D eigenvalue weighted by Gasteiger charge is 2.14. The minimum absolute atomic E-state index is 0.125. The second-order valence-corrected chi connectivity index (χ2v) is 6.19. The largest absolute Gasteiger partial charge is 0.485 e. The minimum atomic E-state index is -0.240. The molecule has 2 aromatic carbocycles. The van der Waals surface area contributed by atoms with E-state index >= 15 is 0 Å². The van der Waals surface area contributed by atoms with Gasteiger partial charge in [-0.05, 0) is 50.2 Å². The van der Waals surface area contributed by atoms with Gasteiger partial charge in [0, 0.05) is 31.4 Å². The van der Waals surface area contributed by atoms with E-state index in [0.29, 0.717) is 23.0 Å². The minimum Gasteiger partial charge on any atom is -0.485 e. The molecule has 28 heavy (non-hydrogen) atoms. The molecule has 1 heterocycles. The fraction of sp³-hybridized carbons (Fsp3) is 0.286. The van der Waals surface area contributed by atoms with Crippen LogP contribution in [0.2, 0.25) is 0 Å². The number of rotatable bonds is 8. The van der Waals surface area contributed by atoms with Crippen molar-refractivity contribution < 1.29 is 14.1 Å². The van der Waals surface area contributed by atoms with Crippen molar-refractivity contribution in [3.8, 4) is 5.75 Å². The zero-order valence-electron chi connectivity index (χ0n) is 16.3. The van der Waals surface area contributed by atoms with Gasteiger partial charge in [-0.3, -0.25) is 4.79 Å². The Morgan fingerprint density at radius 2 is 1.82 bits per heavy atom. The van der Waals surface area contributed by atoms with Crippen molar-refractivity contribution in [3.63, 3.8) is 0 Å². The predicted octanol–water partition coefficient (Wildman–Crippen LogP) is 4.06. The summed E-state index contributed by atoms with van der Waals surface area (Å²) < 4.78 is 10.7. The summed E-state index contributed by atoms with van der Waals surface area (Å²) >= 11 is 0. The summed E-state index contributed by atoms with van der Waals surface area (Å²) in [6.45, 7) is 7.95. The van der Waals surface area contributed by atoms with Gasteiger partial charge in [-0.15, -0.1) is 0 Å². The molecule has 7 nitrogen and oxygen atoms in total. The molecule has 0 spiro atoms. The molecule has 1 N–H and O–H groups in total. The molecule has 0 aliphatic carbocycles. The molecule has 1 amide bonds. The van der Waals surface area contributed by atoms with Crippen LogP contribution in [0.4, 0.5) is 11.4 Å². The molecule has 0 saturated heterocycles. The van der Waals surface area contributed by atoms with Crippen molar-refractivity contribution >= 4 is 17.3 Å². The number of hydrogen-bond acceptors (Lipinski definition) is 6. The Morgan fingerprint density at radius 3 is 2.46 bits per heavy atom. The second kappa shape index (κ2) is 9.03. The van der Waals surface area contributed by atoms with Gasteiger partial charge >= 0.3 is 0 Å². The summed E-state index contributed by atoms with van der Waals surface area (Å²) in [7, 11) is 0. The number of nitrogens with one attached hydrogen (secondary N) is 1. The van der Waals surface area contributed by atoms with Crippen molar-refractivity contribution in [1.29, 1.82) is 0 Å². The quantitative estimate of drug-likeness (QED) is 0.635. The lowest BCUT2D eigenvalue weighted by Gasteiger charge is -2.21. The maximum absolute atomic E-state index is 12.7. The summed E-state index contributed by atoms with van der Waals surface area (Å²) in [5.74, 6) is 1.12. The van der Waals surface area contributed by atoms with E-state index in [1.54, 1.807) is 25.1 Å². The van der Waals surface area contributed by atoms with Gasteiger partial charge < -0.3 is 19.5 Å². The number of anilines is 2. The highest BCUT2D eigenvalue weighted by Crippen LogP contribution is 2.22. The first-order valence-electron chi connectivity index (χ1n) is 9.28. The Labute approximate surface area is 164 Å². The van der Waals surface area contributed by atoms with Crippen LogP contribution in [0.1, 0.15) is 35.9 Å². The molecule has 3 aromatic rings. The Balaban J connectivity index is 1.68. The molecule has 0 aliphatic heterocycles. The molecule has 146 valence electrons. The SMILES string of the molecule is CCN(CC)c1ccc(NC(=O)c2ccccc2OCc2noc(C)n2)cc1.